The molecule has 0 bridgehead atoms. The van der Waals surface area contributed by atoms with Crippen LogP contribution in [0.15, 0.2) is 16.7 Å². The van der Waals surface area contributed by atoms with Gasteiger partial charge in [-0.25, -0.2) is 4.39 Å². The summed E-state index contributed by atoms with van der Waals surface area (Å²) in [7, 11) is 0. The van der Waals surface area contributed by atoms with Crippen molar-refractivity contribution in [1.29, 1.82) is 0 Å². The molecule has 0 fully saturated rings. The lowest BCUT2D eigenvalue weighted by Crippen LogP contribution is -2.20. The highest BCUT2D eigenvalue weighted by molar-refractivity contribution is 9.10. The number of rotatable bonds is 2. The molecule has 1 atom stereocenters. The van der Waals surface area contributed by atoms with Gasteiger partial charge in [-0.3, -0.25) is 9.78 Å². The molecule has 0 spiro atoms. The molecule has 5 heteroatoms. The van der Waals surface area contributed by atoms with Crippen LogP contribution in [0.25, 0.3) is 0 Å². The van der Waals surface area contributed by atoms with Crippen LogP contribution in [0, 0.1) is 5.82 Å². The van der Waals surface area contributed by atoms with Crippen molar-refractivity contribution in [1.82, 2.24) is 4.98 Å². The van der Waals surface area contributed by atoms with Crippen LogP contribution in [0.4, 0.5) is 4.39 Å². The molecule has 1 amide bonds. The standard InChI is InChI=1S/C8H8BrFN2O/c1-4(8(11)13)7-6(9)2-5(10)3-12-7/h2-4H,1H3,(H2,11,13). The van der Waals surface area contributed by atoms with E-state index >= 15 is 0 Å². The first-order valence-corrected chi connectivity index (χ1v) is 4.42. The smallest absolute Gasteiger partial charge is 0.226 e. The Morgan fingerprint density at radius 1 is 1.77 bits per heavy atom. The zero-order valence-electron chi connectivity index (χ0n) is 6.92. The number of hydrogen-bond acceptors (Lipinski definition) is 2. The van der Waals surface area contributed by atoms with E-state index in [-0.39, 0.29) is 0 Å². The number of hydrogen-bond donors (Lipinski definition) is 1. The Morgan fingerprint density at radius 2 is 2.38 bits per heavy atom. The maximum absolute atomic E-state index is 12.6. The number of nitrogens with two attached hydrogens (primary N) is 1. The first-order chi connectivity index (χ1) is 6.02. The average molecular weight is 247 g/mol. The number of nitrogens with zero attached hydrogens (tertiary/aromatic N) is 1. The third-order valence-electron chi connectivity index (χ3n) is 1.67. The van der Waals surface area contributed by atoms with E-state index in [0.717, 1.165) is 6.20 Å². The molecule has 2 N–H and O–H groups in total. The molecular formula is C8H8BrFN2O. The van der Waals surface area contributed by atoms with Crippen molar-refractivity contribution in [3.63, 3.8) is 0 Å². The maximum atomic E-state index is 12.6. The first kappa shape index (κ1) is 10.1. The molecule has 1 unspecified atom stereocenters. The second-order valence-corrected chi connectivity index (χ2v) is 3.50. The maximum Gasteiger partial charge on any atom is 0.226 e. The number of carbonyl (C=O) groups is 1. The van der Waals surface area contributed by atoms with Crippen molar-refractivity contribution in [2.45, 2.75) is 12.8 Å². The van der Waals surface area contributed by atoms with E-state index in [1.165, 1.54) is 6.07 Å². The van der Waals surface area contributed by atoms with E-state index in [1.807, 2.05) is 0 Å². The van der Waals surface area contributed by atoms with Gasteiger partial charge in [0.15, 0.2) is 0 Å². The number of amides is 1. The van der Waals surface area contributed by atoms with Crippen molar-refractivity contribution in [3.05, 3.63) is 28.2 Å². The lowest BCUT2D eigenvalue weighted by atomic mass is 10.1. The number of carbonyl (C=O) groups excluding carboxylic acids is 1. The van der Waals surface area contributed by atoms with Crippen molar-refractivity contribution in [2.24, 2.45) is 5.73 Å². The summed E-state index contributed by atoms with van der Waals surface area (Å²) in [5.41, 5.74) is 5.53. The highest BCUT2D eigenvalue weighted by atomic mass is 79.9. The SMILES string of the molecule is CC(C(N)=O)c1ncc(F)cc1Br. The molecule has 0 radical (unpaired) electrons. The summed E-state index contributed by atoms with van der Waals surface area (Å²) in [6.07, 6.45) is 1.06. The Morgan fingerprint density at radius 3 is 2.85 bits per heavy atom. The Balaban J connectivity index is 3.08. The van der Waals surface area contributed by atoms with Gasteiger partial charge in [-0.1, -0.05) is 0 Å². The van der Waals surface area contributed by atoms with Crippen molar-refractivity contribution >= 4 is 21.8 Å². The van der Waals surface area contributed by atoms with E-state index in [4.69, 9.17) is 5.73 Å². The Kier molecular flexibility index (Phi) is 2.98. The lowest BCUT2D eigenvalue weighted by molar-refractivity contribution is -0.119. The monoisotopic (exact) mass is 246 g/mol. The highest BCUT2D eigenvalue weighted by Crippen LogP contribution is 2.22. The summed E-state index contributed by atoms with van der Waals surface area (Å²) in [5.74, 6) is -1.46. The second kappa shape index (κ2) is 3.83. The van der Waals surface area contributed by atoms with Gasteiger partial charge in [-0.15, -0.1) is 0 Å². The largest absolute Gasteiger partial charge is 0.369 e. The molecule has 0 saturated heterocycles. The van der Waals surface area contributed by atoms with Gasteiger partial charge in [0.25, 0.3) is 0 Å². The fourth-order valence-electron chi connectivity index (χ4n) is 0.879. The number of halogens is 2. The summed E-state index contributed by atoms with van der Waals surface area (Å²) < 4.78 is 13.1. The van der Waals surface area contributed by atoms with Gasteiger partial charge >= 0.3 is 0 Å². The van der Waals surface area contributed by atoms with Crippen molar-refractivity contribution in [3.8, 4) is 0 Å². The molecule has 13 heavy (non-hydrogen) atoms. The minimum Gasteiger partial charge on any atom is -0.369 e. The zero-order chi connectivity index (χ0) is 10.0. The van der Waals surface area contributed by atoms with E-state index in [9.17, 15) is 9.18 Å². The Labute approximate surface area is 83.3 Å². The van der Waals surface area contributed by atoms with Gasteiger partial charge in [0, 0.05) is 4.47 Å². The second-order valence-electron chi connectivity index (χ2n) is 2.64. The molecule has 1 rings (SSSR count). The molecule has 0 aromatic carbocycles. The van der Waals surface area contributed by atoms with Crippen LogP contribution in [0.5, 0.6) is 0 Å². The van der Waals surface area contributed by atoms with Gasteiger partial charge in [-0.2, -0.15) is 0 Å². The Bertz CT molecular complexity index is 343. The van der Waals surface area contributed by atoms with Crippen LogP contribution in [-0.4, -0.2) is 10.9 Å². The van der Waals surface area contributed by atoms with E-state index in [0.29, 0.717) is 10.2 Å². The van der Waals surface area contributed by atoms with Gasteiger partial charge in [0.1, 0.15) is 5.82 Å². The highest BCUT2D eigenvalue weighted by Gasteiger charge is 2.16. The predicted octanol–water partition coefficient (Wildman–Crippen LogP) is 1.57. The van der Waals surface area contributed by atoms with E-state index in [1.54, 1.807) is 6.92 Å². The predicted molar refractivity (Wildman–Crippen MR) is 49.5 cm³/mol. The van der Waals surface area contributed by atoms with Crippen LogP contribution in [0.2, 0.25) is 0 Å². The number of primary amides is 1. The number of pyridine rings is 1. The third kappa shape index (κ3) is 2.24. The molecule has 0 aliphatic rings. The lowest BCUT2D eigenvalue weighted by Gasteiger charge is -2.07. The molecule has 0 aliphatic carbocycles. The molecule has 1 aromatic heterocycles. The normalized spacial score (nSPS) is 12.5. The molecule has 1 aromatic rings. The fraction of sp³-hybridized carbons (Fsp3) is 0.250. The molecule has 0 saturated carbocycles. The summed E-state index contributed by atoms with van der Waals surface area (Å²) in [4.78, 5) is 14.6. The zero-order valence-corrected chi connectivity index (χ0v) is 8.51. The molecule has 70 valence electrons. The quantitative estimate of drug-likeness (QED) is 0.862. The Hall–Kier alpha value is -0.970. The molecule has 3 nitrogen and oxygen atoms in total. The van der Waals surface area contributed by atoms with Crippen LogP contribution < -0.4 is 5.73 Å². The van der Waals surface area contributed by atoms with Gasteiger partial charge < -0.3 is 5.73 Å². The van der Waals surface area contributed by atoms with Crippen LogP contribution in [0.3, 0.4) is 0 Å². The van der Waals surface area contributed by atoms with Crippen LogP contribution >= 0.6 is 15.9 Å². The van der Waals surface area contributed by atoms with Gasteiger partial charge in [0.05, 0.1) is 17.8 Å². The van der Waals surface area contributed by atoms with E-state index in [2.05, 4.69) is 20.9 Å². The average Bonchev–Trinajstić information content (AvgIpc) is 2.03. The topological polar surface area (TPSA) is 56.0 Å². The minimum absolute atomic E-state index is 0.452. The summed E-state index contributed by atoms with van der Waals surface area (Å²) >= 11 is 3.11. The third-order valence-corrected chi connectivity index (χ3v) is 2.31. The van der Waals surface area contributed by atoms with Crippen LogP contribution in [0.1, 0.15) is 18.5 Å². The van der Waals surface area contributed by atoms with Gasteiger partial charge in [0.2, 0.25) is 5.91 Å². The van der Waals surface area contributed by atoms with Crippen LogP contribution in [-0.2, 0) is 4.79 Å². The summed E-state index contributed by atoms with van der Waals surface area (Å²) in [6.45, 7) is 1.62. The molecule has 1 heterocycles. The first-order valence-electron chi connectivity index (χ1n) is 3.62. The van der Waals surface area contributed by atoms with Gasteiger partial charge in [-0.05, 0) is 28.9 Å². The molecular weight excluding hydrogens is 239 g/mol. The number of aromatic nitrogens is 1. The van der Waals surface area contributed by atoms with Crippen molar-refractivity contribution in [2.75, 3.05) is 0 Å². The fourth-order valence-corrected chi connectivity index (χ4v) is 1.54. The van der Waals surface area contributed by atoms with E-state index < -0.39 is 17.6 Å². The molecule has 0 aliphatic heterocycles. The summed E-state index contributed by atoms with van der Waals surface area (Å²) in [5, 5.41) is 0. The van der Waals surface area contributed by atoms with Crippen molar-refractivity contribution < 1.29 is 9.18 Å². The summed E-state index contributed by atoms with van der Waals surface area (Å²) in [6, 6.07) is 1.25. The minimum atomic E-state index is -0.519.